The van der Waals surface area contributed by atoms with Crippen molar-refractivity contribution in [1.29, 1.82) is 0 Å². The molecule has 0 spiro atoms. The maximum absolute atomic E-state index is 11.9. The highest BCUT2D eigenvalue weighted by Crippen LogP contribution is 2.39. The van der Waals surface area contributed by atoms with E-state index >= 15 is 0 Å². The third-order valence-corrected chi connectivity index (χ3v) is 4.41. The van der Waals surface area contributed by atoms with Crippen LogP contribution in [-0.2, 0) is 14.3 Å². The Morgan fingerprint density at radius 2 is 2.08 bits per heavy atom. The highest BCUT2D eigenvalue weighted by molar-refractivity contribution is 5.87. The maximum atomic E-state index is 11.9. The Morgan fingerprint density at radius 3 is 2.83 bits per heavy atom. The van der Waals surface area contributed by atoms with E-state index in [0.29, 0.717) is 0 Å². The minimum Gasteiger partial charge on any atom is -0.508 e. The van der Waals surface area contributed by atoms with E-state index in [0.717, 1.165) is 11.1 Å². The van der Waals surface area contributed by atoms with E-state index in [2.05, 4.69) is 0 Å². The van der Waals surface area contributed by atoms with Crippen LogP contribution in [0, 0.1) is 11.8 Å². The standard InChI is InChI=1S/C19H20O5/c1-12-19-14(10-17(21)16(19)8-9-23-12)11-24-18(22)7-4-13-2-5-15(20)6-3-13/h2-10,12,16-17,19-21H,11H2,1H3/b7-4+/t12-,16-,17+,19+/m0/s1. The van der Waals surface area contributed by atoms with Crippen LogP contribution in [0.5, 0.6) is 5.75 Å². The summed E-state index contributed by atoms with van der Waals surface area (Å²) < 4.78 is 10.8. The summed E-state index contributed by atoms with van der Waals surface area (Å²) >= 11 is 0. The molecule has 1 aliphatic carbocycles. The van der Waals surface area contributed by atoms with Crippen LogP contribution < -0.4 is 0 Å². The molecule has 0 saturated carbocycles. The number of aliphatic hydroxyl groups is 1. The molecule has 0 radical (unpaired) electrons. The topological polar surface area (TPSA) is 76.0 Å². The van der Waals surface area contributed by atoms with Gasteiger partial charge in [-0.05, 0) is 42.3 Å². The van der Waals surface area contributed by atoms with Crippen LogP contribution in [0.4, 0.5) is 0 Å². The molecule has 2 aliphatic rings. The normalized spacial score (nSPS) is 28.3. The second-order valence-electron chi connectivity index (χ2n) is 6.04. The number of carbonyl (C=O) groups excluding carboxylic acids is 1. The second kappa shape index (κ2) is 6.93. The van der Waals surface area contributed by atoms with E-state index in [1.807, 2.05) is 13.0 Å². The number of hydrogen-bond acceptors (Lipinski definition) is 5. The smallest absolute Gasteiger partial charge is 0.331 e. The van der Waals surface area contributed by atoms with E-state index in [9.17, 15) is 15.0 Å². The molecule has 0 unspecified atom stereocenters. The SMILES string of the molecule is C[C@@H]1OC=C[C@@H]2[C@H]1C(COC(=O)/C=C/c1ccc(O)cc1)=C[C@H]2O. The van der Waals surface area contributed by atoms with Crippen molar-refractivity contribution >= 4 is 12.0 Å². The average Bonchev–Trinajstić information content (AvgIpc) is 2.90. The summed E-state index contributed by atoms with van der Waals surface area (Å²) in [5.41, 5.74) is 1.68. The first-order valence-corrected chi connectivity index (χ1v) is 7.89. The summed E-state index contributed by atoms with van der Waals surface area (Å²) in [4.78, 5) is 11.9. The number of phenols is 1. The molecule has 4 atom stereocenters. The lowest BCUT2D eigenvalue weighted by molar-refractivity contribution is -0.137. The number of aromatic hydroxyl groups is 1. The molecule has 0 aromatic heterocycles. The molecule has 24 heavy (non-hydrogen) atoms. The summed E-state index contributed by atoms with van der Waals surface area (Å²) in [7, 11) is 0. The van der Waals surface area contributed by atoms with Crippen LogP contribution in [0.1, 0.15) is 12.5 Å². The van der Waals surface area contributed by atoms with Crippen LogP contribution in [0.15, 0.2) is 54.3 Å². The minimum atomic E-state index is -0.571. The molecule has 3 rings (SSSR count). The first-order valence-electron chi connectivity index (χ1n) is 7.89. The van der Waals surface area contributed by atoms with Crippen molar-refractivity contribution in [2.45, 2.75) is 19.1 Å². The Morgan fingerprint density at radius 1 is 1.33 bits per heavy atom. The molecule has 5 nitrogen and oxygen atoms in total. The highest BCUT2D eigenvalue weighted by Gasteiger charge is 2.40. The monoisotopic (exact) mass is 328 g/mol. The lowest BCUT2D eigenvalue weighted by atomic mass is 9.85. The molecule has 0 saturated heterocycles. The number of esters is 1. The van der Waals surface area contributed by atoms with E-state index < -0.39 is 12.1 Å². The van der Waals surface area contributed by atoms with Crippen molar-refractivity contribution < 1.29 is 24.5 Å². The Hall–Kier alpha value is -2.53. The quantitative estimate of drug-likeness (QED) is 0.504. The fraction of sp³-hybridized carbons (Fsp3) is 0.316. The number of aliphatic hydroxyl groups excluding tert-OH is 1. The molecule has 1 aromatic rings. The molecule has 0 amide bonds. The highest BCUT2D eigenvalue weighted by atomic mass is 16.5. The summed E-state index contributed by atoms with van der Waals surface area (Å²) in [6.07, 6.45) is 7.56. The van der Waals surface area contributed by atoms with Gasteiger partial charge in [0, 0.05) is 17.9 Å². The van der Waals surface area contributed by atoms with Crippen LogP contribution in [0.2, 0.25) is 0 Å². The van der Waals surface area contributed by atoms with Gasteiger partial charge in [0.25, 0.3) is 0 Å². The van der Waals surface area contributed by atoms with Gasteiger partial charge in [0.2, 0.25) is 0 Å². The average molecular weight is 328 g/mol. The van der Waals surface area contributed by atoms with E-state index in [1.54, 1.807) is 42.7 Å². The van der Waals surface area contributed by atoms with Gasteiger partial charge in [-0.25, -0.2) is 4.79 Å². The van der Waals surface area contributed by atoms with Crippen molar-refractivity contribution in [1.82, 2.24) is 0 Å². The molecular weight excluding hydrogens is 308 g/mol. The number of ether oxygens (including phenoxy) is 2. The molecule has 1 heterocycles. The third-order valence-electron chi connectivity index (χ3n) is 4.41. The van der Waals surface area contributed by atoms with Crippen LogP contribution >= 0.6 is 0 Å². The molecule has 2 N–H and O–H groups in total. The molecule has 126 valence electrons. The van der Waals surface area contributed by atoms with Crippen LogP contribution in [-0.4, -0.2) is 35.0 Å². The first kappa shape index (κ1) is 16.3. The van der Waals surface area contributed by atoms with Crippen LogP contribution in [0.25, 0.3) is 6.08 Å². The number of benzene rings is 1. The molecule has 1 aromatic carbocycles. The van der Waals surface area contributed by atoms with Gasteiger partial charge < -0.3 is 19.7 Å². The largest absolute Gasteiger partial charge is 0.508 e. The van der Waals surface area contributed by atoms with Crippen molar-refractivity contribution in [3.05, 3.63) is 59.9 Å². The Balaban J connectivity index is 1.57. The molecular formula is C19H20O5. The fourth-order valence-corrected chi connectivity index (χ4v) is 3.19. The zero-order valence-corrected chi connectivity index (χ0v) is 13.3. The van der Waals surface area contributed by atoms with Gasteiger partial charge in [0.15, 0.2) is 0 Å². The first-order chi connectivity index (χ1) is 11.5. The minimum absolute atomic E-state index is 0.0185. The summed E-state index contributed by atoms with van der Waals surface area (Å²) in [6.45, 7) is 2.08. The van der Waals surface area contributed by atoms with Crippen molar-refractivity contribution in [3.63, 3.8) is 0 Å². The predicted octanol–water partition coefficient (Wildman–Crippen LogP) is 2.41. The van der Waals surface area contributed by atoms with Crippen molar-refractivity contribution in [2.75, 3.05) is 6.61 Å². The number of hydrogen-bond donors (Lipinski definition) is 2. The van der Waals surface area contributed by atoms with Gasteiger partial charge in [-0.2, -0.15) is 0 Å². The van der Waals surface area contributed by atoms with Gasteiger partial charge >= 0.3 is 5.97 Å². The molecule has 0 fully saturated rings. The Kier molecular flexibility index (Phi) is 4.71. The third kappa shape index (κ3) is 3.51. The molecule has 1 aliphatic heterocycles. The predicted molar refractivity (Wildman–Crippen MR) is 88.9 cm³/mol. The van der Waals surface area contributed by atoms with Gasteiger partial charge in [0.1, 0.15) is 18.5 Å². The van der Waals surface area contributed by atoms with Crippen molar-refractivity contribution in [3.8, 4) is 5.75 Å². The summed E-state index contributed by atoms with van der Waals surface area (Å²) in [5, 5.41) is 19.3. The number of phenolic OH excluding ortho intramolecular Hbond substituents is 1. The number of fused-ring (bicyclic) bond motifs is 1. The number of carbonyl (C=O) groups is 1. The van der Waals surface area contributed by atoms with Gasteiger partial charge in [-0.3, -0.25) is 0 Å². The summed E-state index contributed by atoms with van der Waals surface area (Å²) in [6, 6.07) is 6.50. The lowest BCUT2D eigenvalue weighted by Crippen LogP contribution is -2.32. The van der Waals surface area contributed by atoms with Gasteiger partial charge in [-0.15, -0.1) is 0 Å². The fourth-order valence-electron chi connectivity index (χ4n) is 3.19. The molecule has 5 heteroatoms. The summed E-state index contributed by atoms with van der Waals surface area (Å²) in [5.74, 6) is -0.274. The zero-order valence-electron chi connectivity index (χ0n) is 13.3. The lowest BCUT2D eigenvalue weighted by Gasteiger charge is -2.31. The maximum Gasteiger partial charge on any atom is 0.331 e. The zero-order chi connectivity index (χ0) is 17.1. The Bertz CT molecular complexity index is 686. The van der Waals surface area contributed by atoms with Gasteiger partial charge in [0.05, 0.1) is 12.4 Å². The number of rotatable bonds is 4. The van der Waals surface area contributed by atoms with E-state index in [1.165, 1.54) is 6.08 Å². The van der Waals surface area contributed by atoms with E-state index in [-0.39, 0.29) is 30.3 Å². The van der Waals surface area contributed by atoms with E-state index in [4.69, 9.17) is 9.47 Å². The van der Waals surface area contributed by atoms with Gasteiger partial charge in [-0.1, -0.05) is 18.2 Å². The Labute approximate surface area is 140 Å². The second-order valence-corrected chi connectivity index (χ2v) is 6.04. The van der Waals surface area contributed by atoms with Crippen molar-refractivity contribution in [2.24, 2.45) is 11.8 Å². The van der Waals surface area contributed by atoms with Crippen LogP contribution in [0.3, 0.4) is 0 Å². The molecule has 0 bridgehead atoms.